The van der Waals surface area contributed by atoms with Crippen molar-refractivity contribution in [2.45, 2.75) is 52.0 Å². The lowest BCUT2D eigenvalue weighted by atomic mass is 9.96. The van der Waals surface area contributed by atoms with Crippen LogP contribution in [0.25, 0.3) is 0 Å². The fourth-order valence-electron chi connectivity index (χ4n) is 3.68. The van der Waals surface area contributed by atoms with Crippen LogP contribution in [0.15, 0.2) is 35.3 Å². The molecule has 2 amide bonds. The summed E-state index contributed by atoms with van der Waals surface area (Å²) < 4.78 is 0. The molecule has 1 atom stereocenters. The number of aromatic amines is 1. The Morgan fingerprint density at radius 1 is 1.21 bits per heavy atom. The molecule has 0 saturated carbocycles. The van der Waals surface area contributed by atoms with E-state index in [2.05, 4.69) is 44.8 Å². The lowest BCUT2D eigenvalue weighted by molar-refractivity contribution is 0.226. The summed E-state index contributed by atoms with van der Waals surface area (Å²) in [5.41, 5.74) is 2.00. The molecule has 150 valence electrons. The monoisotopic (exact) mass is 401 g/mol. The van der Waals surface area contributed by atoms with E-state index in [0.717, 1.165) is 36.0 Å². The van der Waals surface area contributed by atoms with E-state index in [1.54, 1.807) is 4.90 Å². The van der Waals surface area contributed by atoms with Gasteiger partial charge in [-0.1, -0.05) is 58.0 Å². The number of anilines is 1. The molecule has 0 bridgehead atoms. The molecule has 2 aliphatic rings. The van der Waals surface area contributed by atoms with Gasteiger partial charge in [0.05, 0.1) is 12.6 Å². The molecule has 0 radical (unpaired) electrons. The molecule has 0 unspecified atom stereocenters. The number of carbonyl (C=O) groups excluding carboxylic acids is 1. The smallest absolute Gasteiger partial charge is 0.331 e. The van der Waals surface area contributed by atoms with Crippen molar-refractivity contribution >= 4 is 30.1 Å². The molecule has 2 aliphatic heterocycles. The maximum absolute atomic E-state index is 13.1. The van der Waals surface area contributed by atoms with Gasteiger partial charge in [0.15, 0.2) is 11.7 Å². The number of rotatable bonds is 4. The van der Waals surface area contributed by atoms with Crippen molar-refractivity contribution < 1.29 is 4.79 Å². The SMILES string of the molecule is CCCN1C(=O)N2C[C@@H](Cc3ccccc3)N=C2c2[nH]c(C(C)(C)C)nc21.Cl. The van der Waals surface area contributed by atoms with Crippen LogP contribution in [0.4, 0.5) is 10.6 Å². The van der Waals surface area contributed by atoms with Crippen LogP contribution in [-0.2, 0) is 11.8 Å². The van der Waals surface area contributed by atoms with Crippen LogP contribution in [0, 0.1) is 0 Å². The van der Waals surface area contributed by atoms with Gasteiger partial charge in [-0.25, -0.2) is 9.78 Å². The molecule has 0 saturated heterocycles. The molecular weight excluding hydrogens is 374 g/mol. The van der Waals surface area contributed by atoms with E-state index in [0.29, 0.717) is 13.1 Å². The Hall–Kier alpha value is -2.34. The van der Waals surface area contributed by atoms with Crippen LogP contribution in [-0.4, -0.2) is 45.9 Å². The topological polar surface area (TPSA) is 64.6 Å². The number of H-pyrrole nitrogens is 1. The Labute approximate surface area is 172 Å². The number of amidine groups is 1. The summed E-state index contributed by atoms with van der Waals surface area (Å²) in [5.74, 6) is 2.35. The van der Waals surface area contributed by atoms with Crippen LogP contribution in [0.5, 0.6) is 0 Å². The molecule has 3 heterocycles. The van der Waals surface area contributed by atoms with Crippen LogP contribution in [0.3, 0.4) is 0 Å². The minimum absolute atomic E-state index is 0. The fraction of sp³-hybridized carbons (Fsp3) is 0.476. The molecule has 0 aliphatic carbocycles. The van der Waals surface area contributed by atoms with E-state index in [1.807, 2.05) is 23.1 Å². The number of nitrogens with one attached hydrogen (secondary N) is 1. The highest BCUT2D eigenvalue weighted by Gasteiger charge is 2.42. The quantitative estimate of drug-likeness (QED) is 0.836. The van der Waals surface area contributed by atoms with Crippen molar-refractivity contribution in [3.63, 3.8) is 0 Å². The number of fused-ring (bicyclic) bond motifs is 3. The van der Waals surface area contributed by atoms with E-state index in [-0.39, 0.29) is 29.9 Å². The number of halogens is 1. The Balaban J connectivity index is 0.00000225. The van der Waals surface area contributed by atoms with Crippen molar-refractivity contribution in [2.75, 3.05) is 18.0 Å². The predicted octanol–water partition coefficient (Wildman–Crippen LogP) is 4.15. The second-order valence-corrected chi connectivity index (χ2v) is 8.38. The molecule has 28 heavy (non-hydrogen) atoms. The normalized spacial score (nSPS) is 18.5. The highest BCUT2D eigenvalue weighted by molar-refractivity contribution is 6.18. The number of amides is 2. The van der Waals surface area contributed by atoms with E-state index in [9.17, 15) is 4.79 Å². The molecule has 1 aromatic heterocycles. The molecule has 2 aromatic rings. The van der Waals surface area contributed by atoms with E-state index >= 15 is 0 Å². The molecule has 0 fully saturated rings. The number of imidazole rings is 1. The summed E-state index contributed by atoms with van der Waals surface area (Å²) in [4.78, 5) is 29.9. The van der Waals surface area contributed by atoms with Gasteiger partial charge in [0, 0.05) is 12.0 Å². The van der Waals surface area contributed by atoms with Gasteiger partial charge in [0.1, 0.15) is 11.5 Å². The minimum atomic E-state index is -0.119. The van der Waals surface area contributed by atoms with Gasteiger partial charge >= 0.3 is 6.03 Å². The lowest BCUT2D eigenvalue weighted by Crippen LogP contribution is -2.50. The van der Waals surface area contributed by atoms with E-state index < -0.39 is 0 Å². The minimum Gasteiger partial charge on any atom is -0.337 e. The molecule has 0 spiro atoms. The third-order valence-electron chi connectivity index (χ3n) is 5.05. The van der Waals surface area contributed by atoms with Crippen LogP contribution < -0.4 is 4.90 Å². The maximum Gasteiger partial charge on any atom is 0.331 e. The van der Waals surface area contributed by atoms with Gasteiger partial charge in [-0.15, -0.1) is 12.4 Å². The highest BCUT2D eigenvalue weighted by Crippen LogP contribution is 2.33. The Morgan fingerprint density at radius 2 is 1.93 bits per heavy atom. The number of benzene rings is 1. The standard InChI is InChI=1S/C21H27N5O.ClH/c1-5-11-25-18-16(23-19(24-18)21(2,3)4)17-22-15(13-26(17)20(25)27)12-14-9-7-6-8-10-14;/h6-10,15H,5,11-13H2,1-4H3,(H,23,24);1H/t15-;/m1./s1. The van der Waals surface area contributed by atoms with Gasteiger partial charge in [0.25, 0.3) is 0 Å². The van der Waals surface area contributed by atoms with Gasteiger partial charge in [-0.3, -0.25) is 14.8 Å². The molecule has 4 rings (SSSR count). The second kappa shape index (κ2) is 7.59. The van der Waals surface area contributed by atoms with Crippen LogP contribution in [0.2, 0.25) is 0 Å². The first kappa shape index (κ1) is 20.4. The van der Waals surface area contributed by atoms with Crippen molar-refractivity contribution in [3.8, 4) is 0 Å². The Bertz CT molecular complexity index is 884. The largest absolute Gasteiger partial charge is 0.337 e. The summed E-state index contributed by atoms with van der Waals surface area (Å²) in [6.45, 7) is 9.72. The third kappa shape index (κ3) is 3.53. The van der Waals surface area contributed by atoms with E-state index in [4.69, 9.17) is 9.98 Å². The van der Waals surface area contributed by atoms with Crippen molar-refractivity contribution in [1.82, 2.24) is 14.9 Å². The second-order valence-electron chi connectivity index (χ2n) is 8.38. The van der Waals surface area contributed by atoms with Gasteiger partial charge in [-0.2, -0.15) is 0 Å². The fourth-order valence-corrected chi connectivity index (χ4v) is 3.68. The zero-order chi connectivity index (χ0) is 19.2. The highest BCUT2D eigenvalue weighted by atomic mass is 35.5. The zero-order valence-corrected chi connectivity index (χ0v) is 17.7. The van der Waals surface area contributed by atoms with Crippen LogP contribution >= 0.6 is 12.4 Å². The van der Waals surface area contributed by atoms with E-state index in [1.165, 1.54) is 5.56 Å². The van der Waals surface area contributed by atoms with Crippen molar-refractivity contribution in [2.24, 2.45) is 4.99 Å². The number of hydrogen-bond donors (Lipinski definition) is 1. The van der Waals surface area contributed by atoms with Crippen LogP contribution in [0.1, 0.15) is 51.2 Å². The number of carbonyl (C=O) groups is 1. The molecular formula is C21H28ClN5O. The Kier molecular flexibility index (Phi) is 5.53. The zero-order valence-electron chi connectivity index (χ0n) is 16.9. The summed E-state index contributed by atoms with van der Waals surface area (Å²) in [5, 5.41) is 0. The number of nitrogens with zero attached hydrogens (tertiary/aromatic N) is 4. The molecule has 6 nitrogen and oxygen atoms in total. The Morgan fingerprint density at radius 3 is 2.57 bits per heavy atom. The van der Waals surface area contributed by atoms with Gasteiger partial charge in [0.2, 0.25) is 0 Å². The molecule has 1 aromatic carbocycles. The maximum atomic E-state index is 13.1. The third-order valence-corrected chi connectivity index (χ3v) is 5.05. The predicted molar refractivity (Wildman–Crippen MR) is 115 cm³/mol. The lowest BCUT2D eigenvalue weighted by Gasteiger charge is -2.32. The first-order valence-electron chi connectivity index (χ1n) is 9.70. The average Bonchev–Trinajstić information content (AvgIpc) is 3.23. The van der Waals surface area contributed by atoms with Crippen molar-refractivity contribution in [1.29, 1.82) is 0 Å². The summed E-state index contributed by atoms with van der Waals surface area (Å²) in [6, 6.07) is 10.4. The first-order chi connectivity index (χ1) is 12.9. The molecule has 1 N–H and O–H groups in total. The summed E-state index contributed by atoms with van der Waals surface area (Å²) in [7, 11) is 0. The van der Waals surface area contributed by atoms with Gasteiger partial charge in [-0.05, 0) is 18.4 Å². The average molecular weight is 402 g/mol. The number of aromatic nitrogens is 2. The summed E-state index contributed by atoms with van der Waals surface area (Å²) in [6.07, 6.45) is 1.72. The van der Waals surface area contributed by atoms with Gasteiger partial charge < -0.3 is 4.98 Å². The first-order valence-corrected chi connectivity index (χ1v) is 9.70. The van der Waals surface area contributed by atoms with Crippen molar-refractivity contribution in [3.05, 3.63) is 47.4 Å². The number of hydrogen-bond acceptors (Lipinski definition) is 3. The number of urea groups is 1. The molecule has 7 heteroatoms. The summed E-state index contributed by atoms with van der Waals surface area (Å²) >= 11 is 0. The number of aliphatic imine (C=N–C) groups is 1.